The summed E-state index contributed by atoms with van der Waals surface area (Å²) < 4.78 is 0. The molecule has 1 aliphatic carbocycles. The molecule has 3 aliphatic rings. The Morgan fingerprint density at radius 2 is 2.07 bits per heavy atom. The lowest BCUT2D eigenvalue weighted by Gasteiger charge is -2.57. The summed E-state index contributed by atoms with van der Waals surface area (Å²) in [4.78, 5) is 11.8. The third-order valence-electron chi connectivity index (χ3n) is 6.84. The normalized spacial score (nSPS) is 23.1. The van der Waals surface area contributed by atoms with Crippen LogP contribution in [0.15, 0.2) is 24.7 Å². The molecule has 1 spiro atoms. The third-order valence-corrected chi connectivity index (χ3v) is 6.84. The van der Waals surface area contributed by atoms with Gasteiger partial charge in [0.25, 0.3) is 0 Å². The van der Waals surface area contributed by atoms with E-state index in [1.54, 1.807) is 6.33 Å². The molecule has 1 atom stereocenters. The second-order valence-electron chi connectivity index (χ2n) is 8.65. The Morgan fingerprint density at radius 1 is 1.19 bits per heavy atom. The zero-order chi connectivity index (χ0) is 18.0. The molecule has 2 aliphatic heterocycles. The van der Waals surface area contributed by atoms with E-state index < -0.39 is 0 Å². The van der Waals surface area contributed by atoms with Gasteiger partial charge in [0.15, 0.2) is 0 Å². The van der Waals surface area contributed by atoms with Gasteiger partial charge in [0.05, 0.1) is 11.7 Å². The van der Waals surface area contributed by atoms with Gasteiger partial charge in [-0.25, -0.2) is 9.97 Å². The minimum atomic E-state index is 0.500. The van der Waals surface area contributed by atoms with E-state index in [2.05, 4.69) is 44.5 Å². The van der Waals surface area contributed by atoms with Crippen LogP contribution in [0.3, 0.4) is 0 Å². The molecule has 0 saturated carbocycles. The molecular weight excluding hydrogens is 336 g/mol. The number of fused-ring (bicyclic) bond motifs is 2. The third kappa shape index (κ3) is 2.26. The average Bonchev–Trinajstić information content (AvgIpc) is 3.07. The van der Waals surface area contributed by atoms with Crippen molar-refractivity contribution < 1.29 is 0 Å². The predicted molar refractivity (Wildman–Crippen MR) is 105 cm³/mol. The maximum atomic E-state index is 4.69. The molecule has 6 nitrogen and oxygen atoms in total. The molecule has 6 heteroatoms. The van der Waals surface area contributed by atoms with E-state index in [0.717, 1.165) is 51.0 Å². The van der Waals surface area contributed by atoms with Crippen LogP contribution in [0.2, 0.25) is 0 Å². The van der Waals surface area contributed by atoms with Crippen molar-refractivity contribution in [2.75, 3.05) is 31.1 Å². The molecule has 1 unspecified atom stereocenters. The first-order valence-electron chi connectivity index (χ1n) is 9.93. The molecule has 0 amide bonds. The maximum Gasteiger partial charge on any atom is 0.135 e. The summed E-state index contributed by atoms with van der Waals surface area (Å²) in [5.41, 5.74) is 7.06. The standard InChI is InChI=1S/C21H24N6/c1-13-2-5-17-16(7-25-26-17)19(13)14-3-4-15-18(6-14)23-12-24-20(15)27-10-21(11-27)8-22-9-21/h2,5,7,12,14,22H,3-4,6,8-11H2,1H3,(H,25,26). The number of benzene rings is 1. The molecule has 2 saturated heterocycles. The van der Waals surface area contributed by atoms with Crippen molar-refractivity contribution in [2.45, 2.75) is 32.1 Å². The lowest BCUT2D eigenvalue weighted by atomic mass is 9.74. The average molecular weight is 360 g/mol. The van der Waals surface area contributed by atoms with Crippen molar-refractivity contribution in [3.63, 3.8) is 0 Å². The van der Waals surface area contributed by atoms with E-state index in [1.807, 2.05) is 6.20 Å². The highest BCUT2D eigenvalue weighted by molar-refractivity contribution is 5.83. The second kappa shape index (κ2) is 5.52. The lowest BCUT2D eigenvalue weighted by molar-refractivity contribution is 0.120. The molecule has 3 aromatic rings. The predicted octanol–water partition coefficient (Wildman–Crippen LogP) is 2.34. The highest BCUT2D eigenvalue weighted by Gasteiger charge is 2.48. The van der Waals surface area contributed by atoms with Crippen LogP contribution < -0.4 is 10.2 Å². The Kier molecular flexibility index (Phi) is 3.18. The Morgan fingerprint density at radius 3 is 2.89 bits per heavy atom. The fraction of sp³-hybridized carbons (Fsp3) is 0.476. The Labute approximate surface area is 158 Å². The Hall–Kier alpha value is -2.47. The van der Waals surface area contributed by atoms with Crippen LogP contribution in [0.5, 0.6) is 0 Å². The number of hydrogen-bond acceptors (Lipinski definition) is 5. The summed E-state index contributed by atoms with van der Waals surface area (Å²) in [5.74, 6) is 1.69. The van der Waals surface area contributed by atoms with E-state index in [9.17, 15) is 0 Å². The number of H-pyrrole nitrogens is 1. The largest absolute Gasteiger partial charge is 0.355 e. The molecule has 6 rings (SSSR count). The van der Waals surface area contributed by atoms with Crippen LogP contribution in [-0.2, 0) is 12.8 Å². The number of aromatic nitrogens is 4. The lowest BCUT2D eigenvalue weighted by Crippen LogP contribution is -2.71. The molecule has 0 radical (unpaired) electrons. The minimum Gasteiger partial charge on any atom is -0.355 e. The number of nitrogens with one attached hydrogen (secondary N) is 2. The highest BCUT2D eigenvalue weighted by Crippen LogP contribution is 2.42. The topological polar surface area (TPSA) is 69.7 Å². The highest BCUT2D eigenvalue weighted by atomic mass is 15.3. The zero-order valence-electron chi connectivity index (χ0n) is 15.6. The molecule has 2 aromatic heterocycles. The quantitative estimate of drug-likeness (QED) is 0.734. The van der Waals surface area contributed by atoms with Crippen LogP contribution in [0.25, 0.3) is 10.9 Å². The van der Waals surface area contributed by atoms with E-state index >= 15 is 0 Å². The molecule has 2 N–H and O–H groups in total. The maximum absolute atomic E-state index is 4.69. The van der Waals surface area contributed by atoms with Crippen molar-refractivity contribution in [3.8, 4) is 0 Å². The summed E-state index contributed by atoms with van der Waals surface area (Å²) in [7, 11) is 0. The van der Waals surface area contributed by atoms with E-state index in [4.69, 9.17) is 4.98 Å². The number of nitrogens with zero attached hydrogens (tertiary/aromatic N) is 4. The number of aromatic amines is 1. The van der Waals surface area contributed by atoms with Crippen LogP contribution in [-0.4, -0.2) is 46.3 Å². The summed E-state index contributed by atoms with van der Waals surface area (Å²) in [6.45, 7) is 6.81. The molecule has 27 heavy (non-hydrogen) atoms. The fourth-order valence-electron chi connectivity index (χ4n) is 5.35. The van der Waals surface area contributed by atoms with Crippen LogP contribution in [0.1, 0.15) is 34.7 Å². The van der Waals surface area contributed by atoms with E-state index in [-0.39, 0.29) is 0 Å². The van der Waals surface area contributed by atoms with Gasteiger partial charge in [-0.05, 0) is 49.3 Å². The number of rotatable bonds is 2. The number of hydrogen-bond donors (Lipinski definition) is 2. The Bertz CT molecular complexity index is 1030. The van der Waals surface area contributed by atoms with Gasteiger partial charge in [0.2, 0.25) is 0 Å². The molecule has 138 valence electrons. The Balaban J connectivity index is 1.32. The molecule has 1 aromatic carbocycles. The van der Waals surface area contributed by atoms with Crippen LogP contribution >= 0.6 is 0 Å². The molecule has 2 fully saturated rings. The van der Waals surface area contributed by atoms with Gasteiger partial charge >= 0.3 is 0 Å². The zero-order valence-corrected chi connectivity index (χ0v) is 15.6. The van der Waals surface area contributed by atoms with Crippen LogP contribution in [0, 0.1) is 12.3 Å². The second-order valence-corrected chi connectivity index (χ2v) is 8.65. The summed E-state index contributed by atoms with van der Waals surface area (Å²) >= 11 is 0. The summed E-state index contributed by atoms with van der Waals surface area (Å²) in [6, 6.07) is 4.34. The van der Waals surface area contributed by atoms with Crippen LogP contribution in [0.4, 0.5) is 5.82 Å². The van der Waals surface area contributed by atoms with Gasteiger partial charge in [-0.15, -0.1) is 0 Å². The monoisotopic (exact) mass is 360 g/mol. The summed E-state index contributed by atoms with van der Waals surface area (Å²) in [6.07, 6.45) is 6.96. The SMILES string of the molecule is Cc1ccc2[nH]ncc2c1C1CCc2c(ncnc2N2CC3(CNC3)C2)C1. The number of anilines is 1. The summed E-state index contributed by atoms with van der Waals surface area (Å²) in [5, 5.41) is 12.1. The van der Waals surface area contributed by atoms with Crippen molar-refractivity contribution in [1.82, 2.24) is 25.5 Å². The molecular formula is C21H24N6. The van der Waals surface area contributed by atoms with Gasteiger partial charge in [0.1, 0.15) is 12.1 Å². The number of aryl methyl sites for hydroxylation is 1. The first kappa shape index (κ1) is 15.6. The molecule has 4 heterocycles. The first-order chi connectivity index (χ1) is 13.2. The molecule has 0 bridgehead atoms. The van der Waals surface area contributed by atoms with Gasteiger partial charge in [-0.3, -0.25) is 5.10 Å². The first-order valence-corrected chi connectivity index (χ1v) is 9.93. The van der Waals surface area contributed by atoms with Gasteiger partial charge < -0.3 is 10.2 Å². The van der Waals surface area contributed by atoms with Gasteiger partial charge in [0, 0.05) is 48.2 Å². The van der Waals surface area contributed by atoms with Crippen molar-refractivity contribution in [1.29, 1.82) is 0 Å². The van der Waals surface area contributed by atoms with Gasteiger partial charge in [-0.1, -0.05) is 6.07 Å². The van der Waals surface area contributed by atoms with Crippen molar-refractivity contribution in [2.24, 2.45) is 5.41 Å². The smallest absolute Gasteiger partial charge is 0.135 e. The van der Waals surface area contributed by atoms with Crippen molar-refractivity contribution >= 4 is 16.7 Å². The van der Waals surface area contributed by atoms with Gasteiger partial charge in [-0.2, -0.15) is 5.10 Å². The van der Waals surface area contributed by atoms with E-state index in [0.29, 0.717) is 11.3 Å². The van der Waals surface area contributed by atoms with E-state index in [1.165, 1.54) is 33.6 Å². The van der Waals surface area contributed by atoms with Crippen molar-refractivity contribution in [3.05, 3.63) is 47.0 Å². The fourth-order valence-corrected chi connectivity index (χ4v) is 5.35. The minimum absolute atomic E-state index is 0.500.